The minimum atomic E-state index is -4.49. The molecule has 0 unspecified atom stereocenters. The highest BCUT2D eigenvalue weighted by atomic mass is 35.5. The van der Waals surface area contributed by atoms with E-state index in [9.17, 15) is 13.2 Å². The fourth-order valence-electron chi connectivity index (χ4n) is 1.63. The zero-order chi connectivity index (χ0) is 15.5. The molecule has 110 valence electrons. The van der Waals surface area contributed by atoms with E-state index in [0.717, 1.165) is 17.2 Å². The molecule has 0 N–H and O–H groups in total. The van der Waals surface area contributed by atoms with Gasteiger partial charge in [0.05, 0.1) is 5.57 Å². The third-order valence-corrected chi connectivity index (χ3v) is 3.87. The smallest absolute Gasteiger partial charge is 0.166 e. The lowest BCUT2D eigenvalue weighted by Gasteiger charge is -2.13. The van der Waals surface area contributed by atoms with Crippen molar-refractivity contribution in [3.05, 3.63) is 69.5 Å². The molecule has 0 aliphatic carbocycles. The van der Waals surface area contributed by atoms with Gasteiger partial charge in [-0.3, -0.25) is 0 Å². The van der Waals surface area contributed by atoms with E-state index in [-0.39, 0.29) is 15.6 Å². The third kappa shape index (κ3) is 4.70. The molecule has 0 nitrogen and oxygen atoms in total. The molecule has 2 aromatic rings. The molecule has 0 amide bonds. The molecule has 0 spiro atoms. The van der Waals surface area contributed by atoms with Gasteiger partial charge in [-0.1, -0.05) is 53.2 Å². The fraction of sp³-hybridized carbons (Fsp3) is 0.0667. The first kappa shape index (κ1) is 16.3. The van der Waals surface area contributed by atoms with Crippen molar-refractivity contribution in [2.24, 2.45) is 0 Å². The molecule has 6 heteroatoms. The lowest BCUT2D eigenvalue weighted by Crippen LogP contribution is -2.10. The number of alkyl halides is 3. The highest BCUT2D eigenvalue weighted by molar-refractivity contribution is 8.02. The first-order valence-corrected chi connectivity index (χ1v) is 7.45. The number of rotatable bonds is 3. The maximum atomic E-state index is 13.2. The summed E-state index contributed by atoms with van der Waals surface area (Å²) in [5, 5.41) is 1.40. The highest BCUT2D eigenvalue weighted by Crippen LogP contribution is 2.38. The molecule has 0 saturated heterocycles. The first-order valence-electron chi connectivity index (χ1n) is 5.82. The topological polar surface area (TPSA) is 0 Å². The minimum absolute atomic E-state index is 0.0524. The molecular weight excluding hydrogens is 340 g/mol. The Hall–Kier alpha value is -1.10. The van der Waals surface area contributed by atoms with Gasteiger partial charge in [-0.2, -0.15) is 13.2 Å². The number of halogens is 5. The molecule has 0 radical (unpaired) electrons. The predicted octanol–water partition coefficient (Wildman–Crippen LogP) is 6.69. The number of thioether (sulfide) groups is 1. The fourth-order valence-corrected chi connectivity index (χ4v) is 3.00. The molecule has 0 fully saturated rings. The Balaban J connectivity index is 2.39. The van der Waals surface area contributed by atoms with Gasteiger partial charge in [0.2, 0.25) is 0 Å². The molecule has 0 saturated carbocycles. The number of allylic oxidation sites excluding steroid dienone is 1. The van der Waals surface area contributed by atoms with Crippen LogP contribution >= 0.6 is 35.0 Å². The Morgan fingerprint density at radius 3 is 2.05 bits per heavy atom. The maximum Gasteiger partial charge on any atom is 0.417 e. The maximum absolute atomic E-state index is 13.2. The summed E-state index contributed by atoms with van der Waals surface area (Å²) >= 11 is 12.5. The predicted molar refractivity (Wildman–Crippen MR) is 82.8 cm³/mol. The van der Waals surface area contributed by atoms with Gasteiger partial charge in [-0.15, -0.1) is 0 Å². The Bertz CT molecular complexity index is 631. The van der Waals surface area contributed by atoms with Gasteiger partial charge in [0, 0.05) is 14.9 Å². The standard InChI is InChI=1S/C15H9Cl2F3S/c16-11-6-10(7-12(17)8-11)14(15(18,19)20)9-21-13-4-2-1-3-5-13/h1-9H/b14-9-. The van der Waals surface area contributed by atoms with E-state index in [1.807, 2.05) is 0 Å². The summed E-state index contributed by atoms with van der Waals surface area (Å²) in [6, 6.07) is 12.7. The second-order valence-corrected chi connectivity index (χ2v) is 5.93. The van der Waals surface area contributed by atoms with E-state index in [4.69, 9.17) is 23.2 Å². The third-order valence-electron chi connectivity index (χ3n) is 2.54. The number of hydrogen-bond donors (Lipinski definition) is 0. The summed E-state index contributed by atoms with van der Waals surface area (Å²) in [6.07, 6.45) is -4.49. The SMILES string of the molecule is FC(F)(F)/C(=C\Sc1ccccc1)c1cc(Cl)cc(Cl)c1. The average Bonchev–Trinajstić information content (AvgIpc) is 2.37. The summed E-state index contributed by atoms with van der Waals surface area (Å²) in [7, 11) is 0. The van der Waals surface area contributed by atoms with Crippen LogP contribution in [0.1, 0.15) is 5.56 Å². The number of hydrogen-bond acceptors (Lipinski definition) is 1. The van der Waals surface area contributed by atoms with Crippen molar-refractivity contribution < 1.29 is 13.2 Å². The zero-order valence-corrected chi connectivity index (χ0v) is 12.8. The van der Waals surface area contributed by atoms with Gasteiger partial charge in [-0.25, -0.2) is 0 Å². The highest BCUT2D eigenvalue weighted by Gasteiger charge is 2.35. The van der Waals surface area contributed by atoms with Gasteiger partial charge in [-0.05, 0) is 41.3 Å². The van der Waals surface area contributed by atoms with Gasteiger partial charge in [0.15, 0.2) is 0 Å². The normalized spacial score (nSPS) is 12.5. The van der Waals surface area contributed by atoms with E-state index in [0.29, 0.717) is 4.90 Å². The molecule has 2 aromatic carbocycles. The van der Waals surface area contributed by atoms with Crippen LogP contribution in [-0.2, 0) is 0 Å². The summed E-state index contributed by atoms with van der Waals surface area (Å²) < 4.78 is 39.6. The van der Waals surface area contributed by atoms with Crippen LogP contribution in [0.3, 0.4) is 0 Å². The van der Waals surface area contributed by atoms with Gasteiger partial charge in [0.25, 0.3) is 0 Å². The van der Waals surface area contributed by atoms with E-state index >= 15 is 0 Å². The monoisotopic (exact) mass is 348 g/mol. The van der Waals surface area contributed by atoms with Crippen molar-refractivity contribution in [3.8, 4) is 0 Å². The van der Waals surface area contributed by atoms with Crippen molar-refractivity contribution in [1.82, 2.24) is 0 Å². The molecule has 0 aromatic heterocycles. The second kappa shape index (κ2) is 6.77. The number of benzene rings is 2. The van der Waals surface area contributed by atoms with Crippen LogP contribution in [0.4, 0.5) is 13.2 Å². The molecule has 2 rings (SSSR count). The molecule has 0 aliphatic heterocycles. The molecule has 0 bridgehead atoms. The van der Waals surface area contributed by atoms with Crippen molar-refractivity contribution in [3.63, 3.8) is 0 Å². The van der Waals surface area contributed by atoms with Crippen LogP contribution < -0.4 is 0 Å². The van der Waals surface area contributed by atoms with E-state index in [2.05, 4.69) is 0 Å². The first-order chi connectivity index (χ1) is 9.86. The minimum Gasteiger partial charge on any atom is -0.166 e. The summed E-state index contributed by atoms with van der Waals surface area (Å²) in [5.74, 6) is 0. The van der Waals surface area contributed by atoms with Crippen LogP contribution in [-0.4, -0.2) is 6.18 Å². The van der Waals surface area contributed by atoms with Gasteiger partial charge >= 0.3 is 6.18 Å². The lowest BCUT2D eigenvalue weighted by molar-refractivity contribution is -0.0687. The van der Waals surface area contributed by atoms with Gasteiger partial charge < -0.3 is 0 Å². The van der Waals surface area contributed by atoms with Crippen molar-refractivity contribution in [2.45, 2.75) is 11.1 Å². The summed E-state index contributed by atoms with van der Waals surface area (Å²) in [6.45, 7) is 0. The molecular formula is C15H9Cl2F3S. The Morgan fingerprint density at radius 1 is 0.952 bits per heavy atom. The van der Waals surface area contributed by atoms with E-state index in [1.54, 1.807) is 30.3 Å². The lowest BCUT2D eigenvalue weighted by atomic mass is 10.1. The van der Waals surface area contributed by atoms with Crippen LogP contribution in [0, 0.1) is 0 Å². The van der Waals surface area contributed by atoms with Crippen LogP contribution in [0.2, 0.25) is 10.0 Å². The molecule has 21 heavy (non-hydrogen) atoms. The summed E-state index contributed by atoms with van der Waals surface area (Å²) in [4.78, 5) is 0.715. The van der Waals surface area contributed by atoms with E-state index in [1.165, 1.54) is 18.2 Å². The van der Waals surface area contributed by atoms with Crippen LogP contribution in [0.15, 0.2) is 58.8 Å². The largest absolute Gasteiger partial charge is 0.417 e. The Morgan fingerprint density at radius 2 is 1.52 bits per heavy atom. The zero-order valence-electron chi connectivity index (χ0n) is 10.5. The Labute approximate surface area is 134 Å². The van der Waals surface area contributed by atoms with Crippen molar-refractivity contribution >= 4 is 40.5 Å². The summed E-state index contributed by atoms with van der Waals surface area (Å²) in [5.41, 5.74) is -0.829. The van der Waals surface area contributed by atoms with Crippen molar-refractivity contribution in [2.75, 3.05) is 0 Å². The van der Waals surface area contributed by atoms with E-state index < -0.39 is 11.7 Å². The molecule has 0 atom stereocenters. The van der Waals surface area contributed by atoms with Crippen molar-refractivity contribution in [1.29, 1.82) is 0 Å². The second-order valence-electron chi connectivity index (χ2n) is 4.12. The van der Waals surface area contributed by atoms with Crippen LogP contribution in [0.5, 0.6) is 0 Å². The Kier molecular flexibility index (Phi) is 5.25. The van der Waals surface area contributed by atoms with Gasteiger partial charge in [0.1, 0.15) is 0 Å². The quantitative estimate of drug-likeness (QED) is 0.556. The molecule has 0 heterocycles. The van der Waals surface area contributed by atoms with Crippen LogP contribution in [0.25, 0.3) is 5.57 Å². The molecule has 0 aliphatic rings. The average molecular weight is 349 g/mol.